The van der Waals surface area contributed by atoms with E-state index in [1.165, 1.54) is 0 Å². The molecule has 5 heteroatoms. The lowest BCUT2D eigenvalue weighted by molar-refractivity contribution is 0.164. The van der Waals surface area contributed by atoms with Gasteiger partial charge in [0.2, 0.25) is 5.88 Å². The first-order valence-corrected chi connectivity index (χ1v) is 6.03. The summed E-state index contributed by atoms with van der Waals surface area (Å²) in [5.41, 5.74) is 1.99. The van der Waals surface area contributed by atoms with Crippen LogP contribution in [0.2, 0.25) is 0 Å². The summed E-state index contributed by atoms with van der Waals surface area (Å²) in [6, 6.07) is 1.96. The zero-order chi connectivity index (χ0) is 13.5. The number of nitrogens with one attached hydrogen (secondary N) is 1. The maximum Gasteiger partial charge on any atom is 0.239 e. The van der Waals surface area contributed by atoms with Crippen molar-refractivity contribution >= 4 is 11.4 Å². The van der Waals surface area contributed by atoms with Gasteiger partial charge in [0.15, 0.2) is 0 Å². The Hall–Kier alpha value is -1.49. The summed E-state index contributed by atoms with van der Waals surface area (Å²) in [6.07, 6.45) is 1.75. The number of nitrogens with zero attached hydrogens (tertiary/aromatic N) is 2. The number of aromatic nitrogens is 1. The molecule has 0 saturated carbocycles. The smallest absolute Gasteiger partial charge is 0.239 e. The van der Waals surface area contributed by atoms with Crippen molar-refractivity contribution in [3.05, 3.63) is 12.3 Å². The molecule has 5 nitrogen and oxygen atoms in total. The lowest BCUT2D eigenvalue weighted by Gasteiger charge is -2.21. The topological polar surface area (TPSA) is 46.6 Å². The minimum absolute atomic E-state index is 0.426. The Morgan fingerprint density at radius 3 is 2.67 bits per heavy atom. The zero-order valence-electron chi connectivity index (χ0n) is 11.9. The fraction of sp³-hybridized carbons (Fsp3) is 0.615. The van der Waals surface area contributed by atoms with Crippen LogP contribution in [0.4, 0.5) is 11.4 Å². The summed E-state index contributed by atoms with van der Waals surface area (Å²) < 4.78 is 10.4. The second-order valence-electron chi connectivity index (χ2n) is 4.55. The van der Waals surface area contributed by atoms with E-state index in [0.29, 0.717) is 11.8 Å². The van der Waals surface area contributed by atoms with Crippen LogP contribution in [0.1, 0.15) is 6.92 Å². The molecule has 1 unspecified atom stereocenters. The molecule has 0 amide bonds. The Morgan fingerprint density at radius 1 is 1.39 bits per heavy atom. The first-order chi connectivity index (χ1) is 8.60. The molecule has 18 heavy (non-hydrogen) atoms. The van der Waals surface area contributed by atoms with Gasteiger partial charge in [0.25, 0.3) is 0 Å². The van der Waals surface area contributed by atoms with Crippen molar-refractivity contribution in [2.24, 2.45) is 5.92 Å². The van der Waals surface area contributed by atoms with Crippen molar-refractivity contribution in [2.75, 3.05) is 51.7 Å². The highest BCUT2D eigenvalue weighted by Crippen LogP contribution is 2.31. The fourth-order valence-corrected chi connectivity index (χ4v) is 1.75. The van der Waals surface area contributed by atoms with E-state index in [1.54, 1.807) is 20.4 Å². The molecule has 0 aromatic carbocycles. The van der Waals surface area contributed by atoms with Gasteiger partial charge in [-0.1, -0.05) is 6.92 Å². The van der Waals surface area contributed by atoms with Crippen molar-refractivity contribution in [1.29, 1.82) is 0 Å². The Bertz CT molecular complexity index is 369. The number of ether oxygens (including phenoxy) is 2. The molecule has 1 rings (SSSR count). The lowest BCUT2D eigenvalue weighted by atomic mass is 10.2. The van der Waals surface area contributed by atoms with E-state index in [4.69, 9.17) is 9.47 Å². The van der Waals surface area contributed by atoms with Crippen LogP contribution in [0.15, 0.2) is 12.3 Å². The molecule has 1 heterocycles. The summed E-state index contributed by atoms with van der Waals surface area (Å²) in [5, 5.41) is 3.39. The number of hydrogen-bond acceptors (Lipinski definition) is 5. The zero-order valence-corrected chi connectivity index (χ0v) is 11.9. The van der Waals surface area contributed by atoms with Crippen molar-refractivity contribution in [3.63, 3.8) is 0 Å². The molecule has 0 aliphatic rings. The van der Waals surface area contributed by atoms with Crippen molar-refractivity contribution < 1.29 is 9.47 Å². The molecule has 1 aromatic heterocycles. The molecule has 0 bridgehead atoms. The van der Waals surface area contributed by atoms with Gasteiger partial charge in [0.05, 0.1) is 19.4 Å². The fourth-order valence-electron chi connectivity index (χ4n) is 1.75. The normalized spacial score (nSPS) is 12.1. The second-order valence-corrected chi connectivity index (χ2v) is 4.55. The summed E-state index contributed by atoms with van der Waals surface area (Å²) in [4.78, 5) is 6.26. The Kier molecular flexibility index (Phi) is 5.71. The van der Waals surface area contributed by atoms with Gasteiger partial charge in [0.1, 0.15) is 5.69 Å². The van der Waals surface area contributed by atoms with E-state index < -0.39 is 0 Å². The van der Waals surface area contributed by atoms with E-state index in [9.17, 15) is 0 Å². The van der Waals surface area contributed by atoms with E-state index in [2.05, 4.69) is 17.2 Å². The molecule has 0 aliphatic heterocycles. The van der Waals surface area contributed by atoms with Gasteiger partial charge in [-0.15, -0.1) is 0 Å². The van der Waals surface area contributed by atoms with Gasteiger partial charge in [-0.05, 0) is 12.0 Å². The molecular weight excluding hydrogens is 230 g/mol. The molecule has 0 radical (unpaired) electrons. The average molecular weight is 253 g/mol. The Balaban J connectivity index is 2.84. The SMILES string of the molecule is COCC(C)CNc1c(N(C)C)ccnc1OC. The van der Waals surface area contributed by atoms with Gasteiger partial charge >= 0.3 is 0 Å². The standard InChI is InChI=1S/C13H23N3O2/c1-10(9-17-4)8-15-12-11(16(2)3)6-7-14-13(12)18-5/h6-7,10,15H,8-9H2,1-5H3. The van der Waals surface area contributed by atoms with Crippen molar-refractivity contribution in [3.8, 4) is 5.88 Å². The van der Waals surface area contributed by atoms with Gasteiger partial charge in [-0.3, -0.25) is 0 Å². The van der Waals surface area contributed by atoms with Crippen molar-refractivity contribution in [2.45, 2.75) is 6.92 Å². The summed E-state index contributed by atoms with van der Waals surface area (Å²) >= 11 is 0. The minimum Gasteiger partial charge on any atom is -0.479 e. The number of anilines is 2. The Morgan fingerprint density at radius 2 is 2.11 bits per heavy atom. The Labute approximate surface area is 109 Å². The third kappa shape index (κ3) is 3.77. The van der Waals surface area contributed by atoms with Crippen LogP contribution in [-0.4, -0.2) is 46.5 Å². The predicted octanol–water partition coefficient (Wildman–Crippen LogP) is 1.85. The third-order valence-corrected chi connectivity index (χ3v) is 2.65. The number of pyridine rings is 1. The second kappa shape index (κ2) is 7.06. The van der Waals surface area contributed by atoms with Gasteiger partial charge in [-0.25, -0.2) is 4.98 Å². The van der Waals surface area contributed by atoms with E-state index >= 15 is 0 Å². The highest BCUT2D eigenvalue weighted by molar-refractivity contribution is 5.74. The summed E-state index contributed by atoms with van der Waals surface area (Å²) in [7, 11) is 7.34. The van der Waals surface area contributed by atoms with E-state index in [0.717, 1.165) is 24.5 Å². The first-order valence-electron chi connectivity index (χ1n) is 6.03. The van der Waals surface area contributed by atoms with Crippen LogP contribution < -0.4 is 15.0 Å². The molecular formula is C13H23N3O2. The molecule has 0 fully saturated rings. The third-order valence-electron chi connectivity index (χ3n) is 2.65. The number of rotatable bonds is 7. The summed E-state index contributed by atoms with van der Waals surface area (Å²) in [6.45, 7) is 3.68. The van der Waals surface area contributed by atoms with Crippen LogP contribution in [0.5, 0.6) is 5.88 Å². The summed E-state index contributed by atoms with van der Waals surface area (Å²) in [5.74, 6) is 1.04. The maximum absolute atomic E-state index is 5.30. The monoisotopic (exact) mass is 253 g/mol. The first kappa shape index (κ1) is 14.6. The van der Waals surface area contributed by atoms with Gasteiger partial charge in [0, 0.05) is 33.9 Å². The van der Waals surface area contributed by atoms with Gasteiger partial charge in [-0.2, -0.15) is 0 Å². The van der Waals surface area contributed by atoms with Crippen LogP contribution in [0.25, 0.3) is 0 Å². The quantitative estimate of drug-likeness (QED) is 0.803. The predicted molar refractivity (Wildman–Crippen MR) is 74.6 cm³/mol. The lowest BCUT2D eigenvalue weighted by Crippen LogP contribution is -2.19. The number of methoxy groups -OCH3 is 2. The van der Waals surface area contributed by atoms with Crippen LogP contribution in [0.3, 0.4) is 0 Å². The van der Waals surface area contributed by atoms with Crippen LogP contribution in [-0.2, 0) is 4.74 Å². The molecule has 0 spiro atoms. The number of hydrogen-bond donors (Lipinski definition) is 1. The molecule has 0 aliphatic carbocycles. The molecule has 1 N–H and O–H groups in total. The van der Waals surface area contributed by atoms with Crippen molar-refractivity contribution in [1.82, 2.24) is 4.98 Å². The van der Waals surface area contributed by atoms with Crippen LogP contribution in [0, 0.1) is 5.92 Å². The molecule has 1 atom stereocenters. The van der Waals surface area contributed by atoms with Crippen LogP contribution >= 0.6 is 0 Å². The average Bonchev–Trinajstić information content (AvgIpc) is 2.36. The highest BCUT2D eigenvalue weighted by atomic mass is 16.5. The minimum atomic E-state index is 0.426. The van der Waals surface area contributed by atoms with Gasteiger partial charge < -0.3 is 19.7 Å². The highest BCUT2D eigenvalue weighted by Gasteiger charge is 2.12. The van der Waals surface area contributed by atoms with E-state index in [-0.39, 0.29) is 0 Å². The molecule has 0 saturated heterocycles. The largest absolute Gasteiger partial charge is 0.479 e. The molecule has 1 aromatic rings. The molecule has 102 valence electrons. The maximum atomic E-state index is 5.30. The van der Waals surface area contributed by atoms with E-state index in [1.807, 2.05) is 25.1 Å².